The third-order valence-corrected chi connectivity index (χ3v) is 5.34. The van der Waals surface area contributed by atoms with Gasteiger partial charge in [-0.3, -0.25) is 10.1 Å². The molecule has 0 radical (unpaired) electrons. The first-order chi connectivity index (χ1) is 11.0. The maximum atomic E-state index is 11.5. The molecule has 0 amide bonds. The molecule has 0 aliphatic carbocycles. The molecular formula is C15H20N4O3S. The summed E-state index contributed by atoms with van der Waals surface area (Å²) in [6.07, 6.45) is 6.29. The molecule has 0 bridgehead atoms. The zero-order valence-corrected chi connectivity index (χ0v) is 13.8. The lowest BCUT2D eigenvalue weighted by Crippen LogP contribution is -2.39. The zero-order valence-electron chi connectivity index (χ0n) is 13.0. The van der Waals surface area contributed by atoms with E-state index in [0.717, 1.165) is 30.0 Å². The minimum Gasteiger partial charge on any atom is -0.492 e. The number of pyridine rings is 1. The van der Waals surface area contributed by atoms with E-state index in [1.54, 1.807) is 12.4 Å². The summed E-state index contributed by atoms with van der Waals surface area (Å²) in [6, 6.07) is 5.63. The lowest BCUT2D eigenvalue weighted by Gasteiger charge is -2.29. The molecule has 23 heavy (non-hydrogen) atoms. The van der Waals surface area contributed by atoms with Crippen LogP contribution >= 0.6 is 0 Å². The van der Waals surface area contributed by atoms with Gasteiger partial charge in [-0.25, -0.2) is 12.7 Å². The second kappa shape index (κ2) is 6.67. The van der Waals surface area contributed by atoms with E-state index in [9.17, 15) is 8.42 Å². The minimum atomic E-state index is -3.07. The van der Waals surface area contributed by atoms with Crippen LogP contribution in [0, 0.1) is 5.92 Å². The normalized spacial score (nSPS) is 17.3. The minimum absolute atomic E-state index is 0.375. The van der Waals surface area contributed by atoms with Crippen LogP contribution in [0.3, 0.4) is 0 Å². The fourth-order valence-corrected chi connectivity index (χ4v) is 3.52. The number of nitrogens with one attached hydrogen (secondary N) is 1. The molecular weight excluding hydrogens is 316 g/mol. The van der Waals surface area contributed by atoms with Crippen LogP contribution in [-0.4, -0.2) is 53.9 Å². The molecule has 3 heterocycles. The molecule has 1 aliphatic rings. The first-order valence-corrected chi connectivity index (χ1v) is 9.41. The Kier molecular flexibility index (Phi) is 4.63. The third-order valence-electron chi connectivity index (χ3n) is 4.04. The number of aromatic amines is 1. The van der Waals surface area contributed by atoms with E-state index in [0.29, 0.717) is 25.6 Å². The van der Waals surface area contributed by atoms with Crippen LogP contribution in [0.15, 0.2) is 30.6 Å². The Hall–Kier alpha value is -1.93. The number of hydrogen-bond acceptors (Lipinski definition) is 5. The number of sulfonamides is 1. The maximum absolute atomic E-state index is 11.5. The van der Waals surface area contributed by atoms with E-state index in [4.69, 9.17) is 4.74 Å². The number of aromatic nitrogens is 3. The monoisotopic (exact) mass is 336 g/mol. The van der Waals surface area contributed by atoms with Crippen molar-refractivity contribution in [2.75, 3.05) is 26.0 Å². The van der Waals surface area contributed by atoms with E-state index in [1.807, 2.05) is 18.2 Å². The van der Waals surface area contributed by atoms with E-state index in [2.05, 4.69) is 15.2 Å². The van der Waals surface area contributed by atoms with Crippen molar-refractivity contribution < 1.29 is 13.2 Å². The van der Waals surface area contributed by atoms with E-state index < -0.39 is 10.0 Å². The van der Waals surface area contributed by atoms with Crippen molar-refractivity contribution in [3.63, 3.8) is 0 Å². The number of ether oxygens (including phenoxy) is 1. The Morgan fingerprint density at radius 2 is 2.09 bits per heavy atom. The van der Waals surface area contributed by atoms with Gasteiger partial charge in [0.25, 0.3) is 0 Å². The highest BCUT2D eigenvalue weighted by atomic mass is 32.2. The summed E-state index contributed by atoms with van der Waals surface area (Å²) in [4.78, 5) is 4.35. The molecule has 0 atom stereocenters. The average molecular weight is 336 g/mol. The zero-order chi connectivity index (χ0) is 16.3. The van der Waals surface area contributed by atoms with Gasteiger partial charge in [0.2, 0.25) is 10.0 Å². The van der Waals surface area contributed by atoms with Crippen molar-refractivity contribution in [3.05, 3.63) is 30.6 Å². The third kappa shape index (κ3) is 4.08. The molecule has 0 spiro atoms. The lowest BCUT2D eigenvalue weighted by molar-refractivity contribution is 0.185. The van der Waals surface area contributed by atoms with Gasteiger partial charge in [0.05, 0.1) is 30.4 Å². The fraction of sp³-hybridized carbons (Fsp3) is 0.467. The summed E-state index contributed by atoms with van der Waals surface area (Å²) in [5, 5.41) is 6.76. The Morgan fingerprint density at radius 3 is 2.65 bits per heavy atom. The fourth-order valence-electron chi connectivity index (χ4n) is 2.65. The van der Waals surface area contributed by atoms with Gasteiger partial charge in [-0.1, -0.05) is 0 Å². The number of hydrogen-bond donors (Lipinski definition) is 1. The lowest BCUT2D eigenvalue weighted by atomic mass is 9.99. The Labute approximate surface area is 135 Å². The number of rotatable bonds is 5. The van der Waals surface area contributed by atoms with Gasteiger partial charge in [0.15, 0.2) is 0 Å². The Bertz CT molecular complexity index is 721. The van der Waals surface area contributed by atoms with Gasteiger partial charge >= 0.3 is 0 Å². The first-order valence-electron chi connectivity index (χ1n) is 7.56. The van der Waals surface area contributed by atoms with Crippen LogP contribution in [0.4, 0.5) is 0 Å². The van der Waals surface area contributed by atoms with Gasteiger partial charge in [-0.2, -0.15) is 5.10 Å². The molecule has 0 aromatic carbocycles. The van der Waals surface area contributed by atoms with Crippen LogP contribution < -0.4 is 4.74 Å². The highest BCUT2D eigenvalue weighted by Crippen LogP contribution is 2.22. The Morgan fingerprint density at radius 1 is 1.30 bits per heavy atom. The van der Waals surface area contributed by atoms with Gasteiger partial charge in [-0.05, 0) is 37.0 Å². The van der Waals surface area contributed by atoms with E-state index in [1.165, 1.54) is 10.6 Å². The van der Waals surface area contributed by atoms with E-state index >= 15 is 0 Å². The largest absolute Gasteiger partial charge is 0.492 e. The number of nitrogens with zero attached hydrogens (tertiary/aromatic N) is 3. The molecule has 1 saturated heterocycles. The molecule has 1 aliphatic heterocycles. The predicted octanol–water partition coefficient (Wildman–Crippen LogP) is 1.52. The molecule has 3 rings (SSSR count). The molecule has 1 N–H and O–H groups in total. The molecule has 2 aromatic heterocycles. The first kappa shape index (κ1) is 15.9. The topological polar surface area (TPSA) is 88.2 Å². The summed E-state index contributed by atoms with van der Waals surface area (Å²) in [6.45, 7) is 1.73. The van der Waals surface area contributed by atoms with Crippen molar-refractivity contribution in [2.24, 2.45) is 5.92 Å². The smallest absolute Gasteiger partial charge is 0.211 e. The van der Waals surface area contributed by atoms with Gasteiger partial charge in [-0.15, -0.1) is 0 Å². The molecule has 124 valence electrons. The number of H-pyrrole nitrogens is 1. The van der Waals surface area contributed by atoms with Crippen molar-refractivity contribution in [1.29, 1.82) is 0 Å². The van der Waals surface area contributed by atoms with Crippen molar-refractivity contribution >= 4 is 10.0 Å². The Balaban J connectivity index is 1.50. The molecule has 0 unspecified atom stereocenters. The molecule has 0 saturated carbocycles. The van der Waals surface area contributed by atoms with Crippen LogP contribution in [0.25, 0.3) is 11.4 Å². The standard InChI is InChI=1S/C15H20N4O3S/c1-23(20,21)19-8-5-12(6-9-19)11-22-13-2-3-14(16-10-13)15-4-7-17-18-15/h2-4,7,10,12H,5-6,8-9,11H2,1H3,(H,17,18). The SMILES string of the molecule is CS(=O)(=O)N1CCC(COc2ccc(-c3ccn[nH]3)nc2)CC1. The van der Waals surface area contributed by atoms with E-state index in [-0.39, 0.29) is 0 Å². The molecule has 8 heteroatoms. The number of piperidine rings is 1. The molecule has 1 fully saturated rings. The highest BCUT2D eigenvalue weighted by Gasteiger charge is 2.25. The molecule has 2 aromatic rings. The summed E-state index contributed by atoms with van der Waals surface area (Å²) < 4.78 is 30.3. The van der Waals surface area contributed by atoms with Crippen LogP contribution in [0.1, 0.15) is 12.8 Å². The second-order valence-corrected chi connectivity index (χ2v) is 7.75. The van der Waals surface area contributed by atoms with Crippen LogP contribution in [0.2, 0.25) is 0 Å². The van der Waals surface area contributed by atoms with Crippen LogP contribution in [-0.2, 0) is 10.0 Å². The van der Waals surface area contributed by atoms with Crippen molar-refractivity contribution in [3.8, 4) is 17.1 Å². The average Bonchev–Trinajstić information content (AvgIpc) is 3.07. The summed E-state index contributed by atoms with van der Waals surface area (Å²) in [7, 11) is -3.07. The summed E-state index contributed by atoms with van der Waals surface area (Å²) >= 11 is 0. The predicted molar refractivity (Wildman–Crippen MR) is 86.5 cm³/mol. The van der Waals surface area contributed by atoms with Crippen molar-refractivity contribution in [2.45, 2.75) is 12.8 Å². The maximum Gasteiger partial charge on any atom is 0.211 e. The van der Waals surface area contributed by atoms with Gasteiger partial charge < -0.3 is 4.74 Å². The van der Waals surface area contributed by atoms with Crippen LogP contribution in [0.5, 0.6) is 5.75 Å². The molecule has 7 nitrogen and oxygen atoms in total. The summed E-state index contributed by atoms with van der Waals surface area (Å²) in [5.74, 6) is 1.10. The quantitative estimate of drug-likeness (QED) is 0.894. The highest BCUT2D eigenvalue weighted by molar-refractivity contribution is 7.88. The van der Waals surface area contributed by atoms with Gasteiger partial charge in [0, 0.05) is 19.3 Å². The van der Waals surface area contributed by atoms with Gasteiger partial charge in [0.1, 0.15) is 5.75 Å². The second-order valence-electron chi connectivity index (χ2n) is 5.77. The van der Waals surface area contributed by atoms with Crippen molar-refractivity contribution in [1.82, 2.24) is 19.5 Å². The summed E-state index contributed by atoms with van der Waals surface area (Å²) in [5.41, 5.74) is 1.68.